The third-order valence-corrected chi connectivity index (χ3v) is 6.93. The summed E-state index contributed by atoms with van der Waals surface area (Å²) in [7, 11) is -7.66. The second kappa shape index (κ2) is 9.38. The number of carbonyl (C=O) groups excluding carboxylic acids is 1. The van der Waals surface area contributed by atoms with Gasteiger partial charge in [-0.05, 0) is 62.4 Å². The second-order valence-electron chi connectivity index (χ2n) is 6.67. The fraction of sp³-hybridized carbons (Fsp3) is 0.158. The van der Waals surface area contributed by atoms with E-state index in [1.54, 1.807) is 13.8 Å². The van der Waals surface area contributed by atoms with E-state index >= 15 is 0 Å². The molecule has 0 aliphatic carbocycles. The van der Waals surface area contributed by atoms with Gasteiger partial charge in [-0.2, -0.15) is 4.31 Å². The lowest BCUT2D eigenvalue weighted by atomic mass is 10.3. The van der Waals surface area contributed by atoms with Crippen LogP contribution in [0.5, 0.6) is 0 Å². The van der Waals surface area contributed by atoms with E-state index in [-0.39, 0.29) is 15.7 Å². The van der Waals surface area contributed by atoms with E-state index in [4.69, 9.17) is 21.1 Å². The van der Waals surface area contributed by atoms with Crippen molar-refractivity contribution >= 4 is 43.2 Å². The summed E-state index contributed by atoms with van der Waals surface area (Å²) in [5.41, 5.74) is 12.8. The van der Waals surface area contributed by atoms with Crippen LogP contribution in [0.1, 0.15) is 18.2 Å². The first-order valence-corrected chi connectivity index (χ1v) is 12.0. The predicted octanol–water partition coefficient (Wildman–Crippen LogP) is 1.53. The lowest BCUT2D eigenvalue weighted by Crippen LogP contribution is -2.35. The number of benzene rings is 2. The van der Waals surface area contributed by atoms with Crippen LogP contribution >= 0.6 is 0 Å². The molecule has 172 valence electrons. The van der Waals surface area contributed by atoms with Crippen molar-refractivity contribution in [2.45, 2.75) is 30.6 Å². The van der Waals surface area contributed by atoms with E-state index < -0.39 is 26.0 Å². The van der Waals surface area contributed by atoms with E-state index in [0.717, 1.165) is 6.92 Å². The minimum atomic E-state index is -4.08. The third-order valence-electron chi connectivity index (χ3n) is 4.23. The fourth-order valence-corrected chi connectivity index (χ4v) is 4.35. The average Bonchev–Trinajstić information content (AvgIpc) is 3.01. The molecule has 0 spiro atoms. The molecule has 0 atom stereocenters. The highest BCUT2D eigenvalue weighted by molar-refractivity contribution is 7.93. The number of nitrogens with zero attached hydrogens (tertiary/aromatic N) is 2. The Hall–Kier alpha value is -3.42. The van der Waals surface area contributed by atoms with Gasteiger partial charge < -0.3 is 16.0 Å². The molecule has 3 aromatic rings. The zero-order chi connectivity index (χ0) is 24.3. The van der Waals surface area contributed by atoms with Crippen LogP contribution in [0.15, 0.2) is 62.8 Å². The maximum absolute atomic E-state index is 12.6. The second-order valence-corrected chi connectivity index (χ2v) is 10.0. The lowest BCUT2D eigenvalue weighted by molar-refractivity contribution is -0.115. The van der Waals surface area contributed by atoms with Crippen LogP contribution in [0.4, 0.5) is 17.3 Å². The standard InChI is InChI=1S/C13H15N3O4S.C6H8N2O2S/c1-8-9(2)15-20-13(8)16(10(3)17)21(18,19)12-6-4-11(14)5-7-12;7-5-1-3-6(4-2-5)11(8,9)10/h4-7H,14H2,1-3H3;1-4H,7H2,(H2,8,9,10). The molecular formula is C19H23N5O6S2. The number of aryl methyl sites for hydroxylation is 1. The highest BCUT2D eigenvalue weighted by Crippen LogP contribution is 2.29. The van der Waals surface area contributed by atoms with Crippen molar-refractivity contribution in [3.8, 4) is 0 Å². The smallest absolute Gasteiger partial charge is 0.273 e. The van der Waals surface area contributed by atoms with Crippen molar-refractivity contribution in [2.24, 2.45) is 5.14 Å². The molecule has 0 aliphatic rings. The number of aromatic nitrogens is 1. The number of rotatable bonds is 4. The normalized spacial score (nSPS) is 11.4. The Morgan fingerprint density at radius 1 is 0.875 bits per heavy atom. The van der Waals surface area contributed by atoms with Gasteiger partial charge in [-0.15, -0.1) is 0 Å². The van der Waals surface area contributed by atoms with Crippen LogP contribution in [0.2, 0.25) is 0 Å². The van der Waals surface area contributed by atoms with E-state index in [2.05, 4.69) is 5.16 Å². The molecule has 0 fully saturated rings. The number of hydrogen-bond donors (Lipinski definition) is 3. The number of nitrogen functional groups attached to an aromatic ring is 2. The number of carbonyl (C=O) groups is 1. The number of primary sulfonamides is 1. The van der Waals surface area contributed by atoms with E-state index in [1.165, 1.54) is 48.5 Å². The van der Waals surface area contributed by atoms with Gasteiger partial charge in [0.1, 0.15) is 0 Å². The first-order valence-electron chi connectivity index (χ1n) is 8.97. The molecule has 0 bridgehead atoms. The molecule has 1 amide bonds. The van der Waals surface area contributed by atoms with Crippen LogP contribution < -0.4 is 20.9 Å². The topological polar surface area (TPSA) is 193 Å². The summed E-state index contributed by atoms with van der Waals surface area (Å²) in [6, 6.07) is 11.3. The van der Waals surface area contributed by atoms with Crippen LogP contribution in [0.3, 0.4) is 0 Å². The first kappa shape index (κ1) is 24.8. The Bertz CT molecular complexity index is 1320. The minimum Gasteiger partial charge on any atom is -0.399 e. The van der Waals surface area contributed by atoms with Gasteiger partial charge in [0.05, 0.1) is 15.5 Å². The zero-order valence-electron chi connectivity index (χ0n) is 17.5. The van der Waals surface area contributed by atoms with Crippen molar-refractivity contribution < 1.29 is 26.2 Å². The zero-order valence-corrected chi connectivity index (χ0v) is 19.1. The Morgan fingerprint density at radius 3 is 1.66 bits per heavy atom. The van der Waals surface area contributed by atoms with Crippen LogP contribution in [-0.4, -0.2) is 27.9 Å². The summed E-state index contributed by atoms with van der Waals surface area (Å²) in [5, 5.41) is 8.53. The highest BCUT2D eigenvalue weighted by atomic mass is 32.2. The molecule has 0 unspecified atom stereocenters. The molecule has 0 aliphatic heterocycles. The molecule has 0 saturated carbocycles. The summed E-state index contributed by atoms with van der Waals surface area (Å²) in [5.74, 6) is -0.789. The van der Waals surface area contributed by atoms with Crippen molar-refractivity contribution in [3.05, 3.63) is 59.8 Å². The molecule has 1 aromatic heterocycles. The average molecular weight is 482 g/mol. The van der Waals surface area contributed by atoms with Gasteiger partial charge in [0.15, 0.2) is 0 Å². The number of hydrogen-bond acceptors (Lipinski definition) is 9. The molecule has 6 N–H and O–H groups in total. The molecule has 0 saturated heterocycles. The molecule has 1 heterocycles. The molecular weight excluding hydrogens is 458 g/mol. The molecule has 3 rings (SSSR count). The third kappa shape index (κ3) is 5.63. The highest BCUT2D eigenvalue weighted by Gasteiger charge is 2.33. The van der Waals surface area contributed by atoms with Gasteiger partial charge in [0.2, 0.25) is 15.9 Å². The number of amides is 1. The van der Waals surface area contributed by atoms with E-state index in [0.29, 0.717) is 26.9 Å². The van der Waals surface area contributed by atoms with Crippen LogP contribution in [0, 0.1) is 13.8 Å². The van der Waals surface area contributed by atoms with E-state index in [1.807, 2.05) is 0 Å². The Labute approximate surface area is 185 Å². The van der Waals surface area contributed by atoms with Gasteiger partial charge in [-0.25, -0.2) is 22.0 Å². The maximum atomic E-state index is 12.6. The summed E-state index contributed by atoms with van der Waals surface area (Å²) in [4.78, 5) is 11.8. The monoisotopic (exact) mass is 481 g/mol. The largest absolute Gasteiger partial charge is 0.399 e. The van der Waals surface area contributed by atoms with Gasteiger partial charge in [0.25, 0.3) is 15.9 Å². The molecule has 32 heavy (non-hydrogen) atoms. The van der Waals surface area contributed by atoms with Gasteiger partial charge in [-0.1, -0.05) is 5.16 Å². The summed E-state index contributed by atoms with van der Waals surface area (Å²) < 4.78 is 52.2. The Morgan fingerprint density at radius 2 is 1.31 bits per heavy atom. The van der Waals surface area contributed by atoms with Gasteiger partial charge in [0, 0.05) is 23.9 Å². The first-order chi connectivity index (χ1) is 14.7. The van der Waals surface area contributed by atoms with Crippen LogP contribution in [0.25, 0.3) is 0 Å². The summed E-state index contributed by atoms with van der Waals surface area (Å²) in [6.07, 6.45) is 0. The Balaban J connectivity index is 0.000000278. The van der Waals surface area contributed by atoms with Crippen molar-refractivity contribution in [1.82, 2.24) is 5.16 Å². The summed E-state index contributed by atoms with van der Waals surface area (Å²) in [6.45, 7) is 4.44. The van der Waals surface area contributed by atoms with Crippen molar-refractivity contribution in [1.29, 1.82) is 0 Å². The molecule has 11 nitrogen and oxygen atoms in total. The summed E-state index contributed by atoms with van der Waals surface area (Å²) >= 11 is 0. The quantitative estimate of drug-likeness (QED) is 0.463. The maximum Gasteiger partial charge on any atom is 0.273 e. The van der Waals surface area contributed by atoms with Crippen molar-refractivity contribution in [3.63, 3.8) is 0 Å². The molecule has 13 heteroatoms. The Kier molecular flexibility index (Phi) is 7.28. The molecule has 0 radical (unpaired) electrons. The number of sulfonamides is 2. The lowest BCUT2D eigenvalue weighted by Gasteiger charge is -2.18. The molecule has 2 aromatic carbocycles. The SMILES string of the molecule is CC(=O)N(c1onc(C)c1C)S(=O)(=O)c1ccc(N)cc1.Nc1ccc(S(N)(=O)=O)cc1. The van der Waals surface area contributed by atoms with E-state index in [9.17, 15) is 21.6 Å². The number of anilines is 3. The van der Waals surface area contributed by atoms with Crippen molar-refractivity contribution in [2.75, 3.05) is 15.8 Å². The predicted molar refractivity (Wildman–Crippen MR) is 119 cm³/mol. The number of nitrogens with two attached hydrogens (primary N) is 3. The fourth-order valence-electron chi connectivity index (χ4n) is 2.42. The van der Waals surface area contributed by atoms with Gasteiger partial charge in [-0.3, -0.25) is 4.79 Å². The van der Waals surface area contributed by atoms with Crippen LogP contribution in [-0.2, 0) is 24.8 Å². The van der Waals surface area contributed by atoms with Gasteiger partial charge >= 0.3 is 0 Å². The minimum absolute atomic E-state index is 0.0552.